The fraction of sp³-hybridized carbons (Fsp3) is 0.364. The van der Waals surface area contributed by atoms with Crippen LogP contribution in [0.3, 0.4) is 0 Å². The van der Waals surface area contributed by atoms with Gasteiger partial charge >= 0.3 is 11.9 Å². The molecule has 0 radical (unpaired) electrons. The Morgan fingerprint density at radius 1 is 0.704 bits per heavy atom. The van der Waals surface area contributed by atoms with Crippen molar-refractivity contribution in [2.75, 3.05) is 13.2 Å². The quantitative estimate of drug-likeness (QED) is 0.478. The van der Waals surface area contributed by atoms with E-state index in [4.69, 9.17) is 9.47 Å². The van der Waals surface area contributed by atoms with Gasteiger partial charge in [0.15, 0.2) is 0 Å². The Labute approximate surface area is 159 Å². The average molecular weight is 370 g/mol. The van der Waals surface area contributed by atoms with E-state index in [1.165, 1.54) is 0 Å². The molecule has 1 atom stereocenters. The normalized spacial score (nSPS) is 11.6. The van der Waals surface area contributed by atoms with E-state index in [0.29, 0.717) is 50.0 Å². The number of aliphatic hydroxyl groups is 1. The van der Waals surface area contributed by atoms with Gasteiger partial charge in [-0.15, -0.1) is 0 Å². The summed E-state index contributed by atoms with van der Waals surface area (Å²) in [5.74, 6) is -0.665. The minimum Gasteiger partial charge on any atom is -0.462 e. The first-order chi connectivity index (χ1) is 13.2. The van der Waals surface area contributed by atoms with Crippen molar-refractivity contribution >= 4 is 11.9 Å². The van der Waals surface area contributed by atoms with Gasteiger partial charge in [0.2, 0.25) is 0 Å². The molecule has 0 aromatic heterocycles. The second-order valence-electron chi connectivity index (χ2n) is 6.30. The SMILES string of the molecule is O=C(OCCCCC(O)CCCOC(=O)c1ccccc1)c1ccccc1. The van der Waals surface area contributed by atoms with E-state index in [1.54, 1.807) is 48.5 Å². The van der Waals surface area contributed by atoms with E-state index >= 15 is 0 Å². The number of hydrogen-bond donors (Lipinski definition) is 1. The molecule has 1 unspecified atom stereocenters. The molecule has 27 heavy (non-hydrogen) atoms. The fourth-order valence-electron chi connectivity index (χ4n) is 2.59. The molecule has 0 saturated carbocycles. The molecule has 0 spiro atoms. The van der Waals surface area contributed by atoms with Gasteiger partial charge in [-0.3, -0.25) is 0 Å². The van der Waals surface area contributed by atoms with Gasteiger partial charge in [0.1, 0.15) is 0 Å². The summed E-state index contributed by atoms with van der Waals surface area (Å²) in [5.41, 5.74) is 1.07. The summed E-state index contributed by atoms with van der Waals surface area (Å²) in [6.45, 7) is 0.634. The number of benzene rings is 2. The van der Waals surface area contributed by atoms with E-state index < -0.39 is 6.10 Å². The van der Waals surface area contributed by atoms with Crippen LogP contribution in [0.1, 0.15) is 52.8 Å². The molecule has 0 fully saturated rings. The first kappa shape index (κ1) is 20.6. The predicted molar refractivity (Wildman–Crippen MR) is 103 cm³/mol. The molecule has 0 aliphatic heterocycles. The maximum absolute atomic E-state index is 11.8. The van der Waals surface area contributed by atoms with Crippen molar-refractivity contribution in [1.29, 1.82) is 0 Å². The lowest BCUT2D eigenvalue weighted by molar-refractivity contribution is 0.0458. The molecule has 144 valence electrons. The zero-order valence-corrected chi connectivity index (χ0v) is 15.4. The molecule has 0 heterocycles. The number of carbonyl (C=O) groups excluding carboxylic acids is 2. The zero-order valence-electron chi connectivity index (χ0n) is 15.4. The molecule has 2 rings (SSSR count). The first-order valence-corrected chi connectivity index (χ1v) is 9.29. The minimum absolute atomic E-state index is 0.291. The summed E-state index contributed by atoms with van der Waals surface area (Å²) in [6, 6.07) is 17.7. The average Bonchev–Trinajstić information content (AvgIpc) is 2.72. The zero-order chi connectivity index (χ0) is 19.3. The Balaban J connectivity index is 1.48. The molecule has 0 amide bonds. The number of aliphatic hydroxyl groups excluding tert-OH is 1. The highest BCUT2D eigenvalue weighted by Gasteiger charge is 2.09. The molecular formula is C22H26O5. The van der Waals surface area contributed by atoms with Crippen LogP contribution in [0.25, 0.3) is 0 Å². The van der Waals surface area contributed by atoms with E-state index in [-0.39, 0.29) is 11.9 Å². The lowest BCUT2D eigenvalue weighted by atomic mass is 10.1. The van der Waals surface area contributed by atoms with Crippen LogP contribution in [0.5, 0.6) is 0 Å². The molecule has 0 aliphatic rings. The number of rotatable bonds is 11. The second-order valence-corrected chi connectivity index (χ2v) is 6.30. The van der Waals surface area contributed by atoms with Crippen molar-refractivity contribution in [2.24, 2.45) is 0 Å². The van der Waals surface area contributed by atoms with Crippen molar-refractivity contribution < 1.29 is 24.2 Å². The standard InChI is InChI=1S/C22H26O5/c23-20(15-9-17-27-22(25)19-12-5-2-6-13-19)14-7-8-16-26-21(24)18-10-3-1-4-11-18/h1-6,10-13,20,23H,7-9,14-17H2. The van der Waals surface area contributed by atoms with Crippen molar-refractivity contribution in [3.8, 4) is 0 Å². The minimum atomic E-state index is -0.440. The summed E-state index contributed by atoms with van der Waals surface area (Å²) in [6.07, 6.45) is 2.86. The Morgan fingerprint density at radius 2 is 1.15 bits per heavy atom. The van der Waals surface area contributed by atoms with Crippen molar-refractivity contribution in [3.63, 3.8) is 0 Å². The maximum atomic E-state index is 11.8. The summed E-state index contributed by atoms with van der Waals surface area (Å²) in [5, 5.41) is 9.97. The molecule has 2 aromatic carbocycles. The summed E-state index contributed by atoms with van der Waals surface area (Å²) in [4.78, 5) is 23.5. The topological polar surface area (TPSA) is 72.8 Å². The highest BCUT2D eigenvalue weighted by Crippen LogP contribution is 2.09. The largest absolute Gasteiger partial charge is 0.462 e. The third kappa shape index (κ3) is 8.05. The van der Waals surface area contributed by atoms with Gasteiger partial charge in [0.25, 0.3) is 0 Å². The Hall–Kier alpha value is -2.66. The molecule has 5 nitrogen and oxygen atoms in total. The smallest absolute Gasteiger partial charge is 0.338 e. The first-order valence-electron chi connectivity index (χ1n) is 9.29. The molecule has 0 saturated heterocycles. The third-order valence-electron chi connectivity index (χ3n) is 4.10. The third-order valence-corrected chi connectivity index (χ3v) is 4.10. The van der Waals surface area contributed by atoms with Crippen LogP contribution in [0, 0.1) is 0 Å². The summed E-state index contributed by atoms with van der Waals surface area (Å²) >= 11 is 0. The number of unbranched alkanes of at least 4 members (excludes halogenated alkanes) is 1. The van der Waals surface area contributed by atoms with Crippen LogP contribution < -0.4 is 0 Å². The van der Waals surface area contributed by atoms with Gasteiger partial charge in [-0.05, 0) is 56.4 Å². The van der Waals surface area contributed by atoms with Gasteiger partial charge in [-0.1, -0.05) is 36.4 Å². The lowest BCUT2D eigenvalue weighted by Gasteiger charge is -2.11. The van der Waals surface area contributed by atoms with Gasteiger partial charge in [-0.25, -0.2) is 9.59 Å². The fourth-order valence-corrected chi connectivity index (χ4v) is 2.59. The maximum Gasteiger partial charge on any atom is 0.338 e. The molecule has 0 aliphatic carbocycles. The van der Waals surface area contributed by atoms with Crippen molar-refractivity contribution in [2.45, 2.75) is 38.2 Å². The monoisotopic (exact) mass is 370 g/mol. The second kappa shape index (κ2) is 11.9. The number of hydrogen-bond acceptors (Lipinski definition) is 5. The predicted octanol–water partition coefficient (Wildman–Crippen LogP) is 4.01. The Kier molecular flexibility index (Phi) is 9.07. The molecule has 1 N–H and O–H groups in total. The van der Waals surface area contributed by atoms with Gasteiger partial charge in [0.05, 0.1) is 30.4 Å². The highest BCUT2D eigenvalue weighted by atomic mass is 16.5. The van der Waals surface area contributed by atoms with Crippen molar-refractivity contribution in [3.05, 3.63) is 71.8 Å². The molecule has 5 heteroatoms. The van der Waals surface area contributed by atoms with Gasteiger partial charge < -0.3 is 14.6 Å². The molecule has 2 aromatic rings. The van der Waals surface area contributed by atoms with E-state index in [9.17, 15) is 14.7 Å². The lowest BCUT2D eigenvalue weighted by Crippen LogP contribution is -2.11. The van der Waals surface area contributed by atoms with Crippen LogP contribution in [0.4, 0.5) is 0 Å². The molecule has 0 bridgehead atoms. The van der Waals surface area contributed by atoms with Crippen LogP contribution in [-0.2, 0) is 9.47 Å². The van der Waals surface area contributed by atoms with Crippen LogP contribution in [0.2, 0.25) is 0 Å². The summed E-state index contributed by atoms with van der Waals surface area (Å²) in [7, 11) is 0. The van der Waals surface area contributed by atoms with E-state index in [2.05, 4.69) is 0 Å². The van der Waals surface area contributed by atoms with Crippen LogP contribution in [-0.4, -0.2) is 36.4 Å². The van der Waals surface area contributed by atoms with Crippen LogP contribution in [0.15, 0.2) is 60.7 Å². The van der Waals surface area contributed by atoms with Crippen LogP contribution >= 0.6 is 0 Å². The van der Waals surface area contributed by atoms with Gasteiger partial charge in [0, 0.05) is 0 Å². The van der Waals surface area contributed by atoms with Gasteiger partial charge in [-0.2, -0.15) is 0 Å². The Bertz CT molecular complexity index is 684. The Morgan fingerprint density at radius 3 is 1.67 bits per heavy atom. The number of ether oxygens (including phenoxy) is 2. The van der Waals surface area contributed by atoms with Crippen molar-refractivity contribution in [1.82, 2.24) is 0 Å². The molecular weight excluding hydrogens is 344 g/mol. The van der Waals surface area contributed by atoms with E-state index in [0.717, 1.165) is 6.42 Å². The summed E-state index contributed by atoms with van der Waals surface area (Å²) < 4.78 is 10.4. The number of esters is 2. The highest BCUT2D eigenvalue weighted by molar-refractivity contribution is 5.89. The van der Waals surface area contributed by atoms with E-state index in [1.807, 2.05) is 12.1 Å². The number of carbonyl (C=O) groups is 2.